The lowest BCUT2D eigenvalue weighted by molar-refractivity contribution is 0.199. The van der Waals surface area contributed by atoms with Crippen molar-refractivity contribution in [3.8, 4) is 5.82 Å². The third-order valence-electron chi connectivity index (χ3n) is 3.12. The van der Waals surface area contributed by atoms with Crippen LogP contribution in [-0.2, 0) is 0 Å². The summed E-state index contributed by atoms with van der Waals surface area (Å²) in [4.78, 5) is 4.30. The number of nitrogens with zero attached hydrogens (tertiary/aromatic N) is 3. The summed E-state index contributed by atoms with van der Waals surface area (Å²) in [6.07, 6.45) is 1.21. The van der Waals surface area contributed by atoms with Gasteiger partial charge in [-0.3, -0.25) is 0 Å². The molecule has 2 heterocycles. The molecule has 0 aliphatic carbocycles. The number of rotatable bonds is 2. The second-order valence-corrected chi connectivity index (χ2v) is 4.33. The third kappa shape index (κ3) is 2.08. The van der Waals surface area contributed by atoms with Gasteiger partial charge in [-0.15, -0.1) is 0 Å². The maximum atomic E-state index is 9.57. The highest BCUT2D eigenvalue weighted by Crippen LogP contribution is 2.18. The van der Waals surface area contributed by atoms with Crippen molar-refractivity contribution in [3.63, 3.8) is 0 Å². The number of aromatic nitrogens is 3. The minimum atomic E-state index is -0.491. The van der Waals surface area contributed by atoms with E-state index in [0.717, 1.165) is 22.8 Å². The summed E-state index contributed by atoms with van der Waals surface area (Å²) in [7, 11) is 0. The van der Waals surface area contributed by atoms with Crippen molar-refractivity contribution in [2.75, 3.05) is 0 Å². The van der Waals surface area contributed by atoms with E-state index in [0.29, 0.717) is 0 Å². The SMILES string of the molecule is Cc1nn(-c2cc([C@H](C)O)ccn2)c(C)c1C. The fourth-order valence-corrected chi connectivity index (χ4v) is 1.75. The number of pyridine rings is 1. The molecule has 1 atom stereocenters. The molecule has 0 aromatic carbocycles. The lowest BCUT2D eigenvalue weighted by atomic mass is 10.2. The van der Waals surface area contributed by atoms with Gasteiger partial charge in [0.1, 0.15) is 0 Å². The summed E-state index contributed by atoms with van der Waals surface area (Å²) < 4.78 is 1.82. The Balaban J connectivity index is 2.53. The number of hydrogen-bond acceptors (Lipinski definition) is 3. The Kier molecular flexibility index (Phi) is 2.98. The van der Waals surface area contributed by atoms with Crippen LogP contribution in [0.1, 0.15) is 35.5 Å². The quantitative estimate of drug-likeness (QED) is 0.862. The molecule has 90 valence electrons. The van der Waals surface area contributed by atoms with Crippen LogP contribution >= 0.6 is 0 Å². The predicted molar refractivity (Wildman–Crippen MR) is 66.2 cm³/mol. The fraction of sp³-hybridized carbons (Fsp3) is 0.385. The minimum absolute atomic E-state index is 0.491. The molecule has 0 saturated heterocycles. The average molecular weight is 231 g/mol. The van der Waals surface area contributed by atoms with Gasteiger partial charge in [-0.1, -0.05) is 0 Å². The van der Waals surface area contributed by atoms with Gasteiger partial charge >= 0.3 is 0 Å². The van der Waals surface area contributed by atoms with Gasteiger partial charge < -0.3 is 5.11 Å². The number of aliphatic hydroxyl groups is 1. The van der Waals surface area contributed by atoms with Crippen molar-refractivity contribution in [3.05, 3.63) is 40.8 Å². The molecule has 0 radical (unpaired) electrons. The van der Waals surface area contributed by atoms with Crippen molar-refractivity contribution in [2.45, 2.75) is 33.8 Å². The molecular formula is C13H17N3O. The Labute approximate surface area is 101 Å². The van der Waals surface area contributed by atoms with Crippen molar-refractivity contribution in [1.29, 1.82) is 0 Å². The summed E-state index contributed by atoms with van der Waals surface area (Å²) >= 11 is 0. The summed E-state index contributed by atoms with van der Waals surface area (Å²) in [6.45, 7) is 7.79. The van der Waals surface area contributed by atoms with Gasteiger partial charge in [0.05, 0.1) is 11.8 Å². The molecule has 0 aliphatic heterocycles. The molecule has 0 saturated carbocycles. The molecule has 0 spiro atoms. The highest BCUT2D eigenvalue weighted by Gasteiger charge is 2.11. The lowest BCUT2D eigenvalue weighted by Gasteiger charge is -2.08. The predicted octanol–water partition coefficient (Wildman–Crippen LogP) is 2.25. The Hall–Kier alpha value is -1.68. The molecule has 0 amide bonds. The number of hydrogen-bond donors (Lipinski definition) is 1. The van der Waals surface area contributed by atoms with Gasteiger partial charge in [0.15, 0.2) is 5.82 Å². The van der Waals surface area contributed by atoms with E-state index in [1.54, 1.807) is 13.1 Å². The van der Waals surface area contributed by atoms with Crippen LogP contribution in [0, 0.1) is 20.8 Å². The molecule has 4 nitrogen and oxygen atoms in total. The van der Waals surface area contributed by atoms with Gasteiger partial charge in [0, 0.05) is 11.9 Å². The van der Waals surface area contributed by atoms with Crippen LogP contribution in [0.3, 0.4) is 0 Å². The lowest BCUT2D eigenvalue weighted by Crippen LogP contribution is -2.03. The molecule has 0 bridgehead atoms. The average Bonchev–Trinajstić information content (AvgIpc) is 2.57. The topological polar surface area (TPSA) is 50.9 Å². The Morgan fingerprint density at radius 1 is 1.29 bits per heavy atom. The second-order valence-electron chi connectivity index (χ2n) is 4.33. The molecule has 17 heavy (non-hydrogen) atoms. The molecule has 1 N–H and O–H groups in total. The van der Waals surface area contributed by atoms with E-state index in [4.69, 9.17) is 0 Å². The van der Waals surface area contributed by atoms with Crippen molar-refractivity contribution >= 4 is 0 Å². The van der Waals surface area contributed by atoms with Gasteiger partial charge in [0.25, 0.3) is 0 Å². The van der Waals surface area contributed by atoms with E-state index in [-0.39, 0.29) is 0 Å². The Morgan fingerprint density at radius 2 is 2.00 bits per heavy atom. The molecule has 2 rings (SSSR count). The van der Waals surface area contributed by atoms with Gasteiger partial charge in [-0.05, 0) is 51.0 Å². The molecule has 2 aromatic heterocycles. The van der Waals surface area contributed by atoms with Crippen LogP contribution in [0.4, 0.5) is 0 Å². The first kappa shape index (κ1) is 11.8. The molecule has 0 unspecified atom stereocenters. The largest absolute Gasteiger partial charge is 0.389 e. The number of aliphatic hydroxyl groups excluding tert-OH is 1. The monoisotopic (exact) mass is 231 g/mol. The maximum absolute atomic E-state index is 9.57. The number of aryl methyl sites for hydroxylation is 1. The van der Waals surface area contributed by atoms with Crippen LogP contribution in [0.5, 0.6) is 0 Å². The van der Waals surface area contributed by atoms with E-state index in [9.17, 15) is 5.11 Å². The molecular weight excluding hydrogens is 214 g/mol. The van der Waals surface area contributed by atoms with E-state index in [1.165, 1.54) is 5.56 Å². The van der Waals surface area contributed by atoms with Crippen LogP contribution in [-0.4, -0.2) is 19.9 Å². The molecule has 4 heteroatoms. The zero-order valence-corrected chi connectivity index (χ0v) is 10.6. The second kappa shape index (κ2) is 4.30. The Morgan fingerprint density at radius 3 is 2.53 bits per heavy atom. The van der Waals surface area contributed by atoms with Crippen LogP contribution < -0.4 is 0 Å². The highest BCUT2D eigenvalue weighted by atomic mass is 16.3. The van der Waals surface area contributed by atoms with Gasteiger partial charge in [0.2, 0.25) is 0 Å². The first-order valence-corrected chi connectivity index (χ1v) is 5.68. The van der Waals surface area contributed by atoms with Crippen molar-refractivity contribution in [2.24, 2.45) is 0 Å². The zero-order valence-electron chi connectivity index (χ0n) is 10.6. The van der Waals surface area contributed by atoms with E-state index < -0.39 is 6.10 Å². The van der Waals surface area contributed by atoms with E-state index >= 15 is 0 Å². The first-order chi connectivity index (χ1) is 8.00. The summed E-state index contributed by atoms with van der Waals surface area (Å²) in [6, 6.07) is 3.68. The highest BCUT2D eigenvalue weighted by molar-refractivity contribution is 5.34. The summed E-state index contributed by atoms with van der Waals surface area (Å²) in [5, 5.41) is 14.0. The summed E-state index contributed by atoms with van der Waals surface area (Å²) in [5.41, 5.74) is 4.11. The van der Waals surface area contributed by atoms with Crippen LogP contribution in [0.15, 0.2) is 18.3 Å². The fourth-order valence-electron chi connectivity index (χ4n) is 1.75. The first-order valence-electron chi connectivity index (χ1n) is 5.68. The van der Waals surface area contributed by atoms with Crippen molar-refractivity contribution in [1.82, 2.24) is 14.8 Å². The van der Waals surface area contributed by atoms with Crippen molar-refractivity contribution < 1.29 is 5.11 Å². The smallest absolute Gasteiger partial charge is 0.153 e. The van der Waals surface area contributed by atoms with E-state index in [2.05, 4.69) is 10.1 Å². The van der Waals surface area contributed by atoms with Crippen LogP contribution in [0.2, 0.25) is 0 Å². The zero-order chi connectivity index (χ0) is 12.6. The normalized spacial score (nSPS) is 12.8. The Bertz CT molecular complexity index is 544. The third-order valence-corrected chi connectivity index (χ3v) is 3.12. The minimum Gasteiger partial charge on any atom is -0.389 e. The molecule has 0 fully saturated rings. The van der Waals surface area contributed by atoms with E-state index in [1.807, 2.05) is 37.6 Å². The molecule has 0 aliphatic rings. The maximum Gasteiger partial charge on any atom is 0.153 e. The molecule has 2 aromatic rings. The van der Waals surface area contributed by atoms with Crippen LogP contribution in [0.25, 0.3) is 5.82 Å². The standard InChI is InChI=1S/C13H17N3O/c1-8-9(2)15-16(10(8)3)13-7-12(11(4)17)5-6-14-13/h5-7,11,17H,1-4H3/t11-/m0/s1. The van der Waals surface area contributed by atoms with Gasteiger partial charge in [-0.2, -0.15) is 5.10 Å². The van der Waals surface area contributed by atoms with Gasteiger partial charge in [-0.25, -0.2) is 9.67 Å². The summed E-state index contributed by atoms with van der Waals surface area (Å²) in [5.74, 6) is 0.747.